The van der Waals surface area contributed by atoms with Crippen molar-refractivity contribution in [1.82, 2.24) is 4.98 Å². The molecule has 0 bridgehead atoms. The molecular weight excluding hydrogens is 286 g/mol. The summed E-state index contributed by atoms with van der Waals surface area (Å²) in [4.78, 5) is 16.0. The van der Waals surface area contributed by atoms with E-state index in [1.165, 1.54) is 13.0 Å². The molecule has 1 aromatic heterocycles. The summed E-state index contributed by atoms with van der Waals surface area (Å²) in [6.45, 7) is 1.48. The van der Waals surface area contributed by atoms with Crippen LogP contribution in [0.5, 0.6) is 0 Å². The van der Waals surface area contributed by atoms with Crippen molar-refractivity contribution >= 4 is 33.9 Å². The number of benzene rings is 1. The van der Waals surface area contributed by atoms with Crippen LogP contribution in [0.2, 0.25) is 0 Å². The largest absolute Gasteiger partial charge is 0.382 e. The van der Waals surface area contributed by atoms with E-state index in [2.05, 4.69) is 15.6 Å². The SMILES string of the molecule is CNc1nc(N)c(C(=O)Nc2c(F)ccc(C)c2F)s1. The van der Waals surface area contributed by atoms with Crippen molar-refractivity contribution in [3.05, 3.63) is 34.2 Å². The molecule has 0 spiro atoms. The Kier molecular flexibility index (Phi) is 3.84. The van der Waals surface area contributed by atoms with Crippen molar-refractivity contribution in [1.29, 1.82) is 0 Å². The summed E-state index contributed by atoms with van der Waals surface area (Å²) in [7, 11) is 1.62. The number of nitrogens with one attached hydrogen (secondary N) is 2. The lowest BCUT2D eigenvalue weighted by molar-refractivity contribution is 0.103. The highest BCUT2D eigenvalue weighted by molar-refractivity contribution is 7.18. The summed E-state index contributed by atoms with van der Waals surface area (Å²) in [5.74, 6) is -2.36. The number of nitrogens with zero attached hydrogens (tertiary/aromatic N) is 1. The van der Waals surface area contributed by atoms with E-state index in [4.69, 9.17) is 5.73 Å². The number of hydrogen-bond donors (Lipinski definition) is 3. The molecule has 0 unspecified atom stereocenters. The summed E-state index contributed by atoms with van der Waals surface area (Å²) in [6.07, 6.45) is 0. The Morgan fingerprint density at radius 1 is 1.40 bits per heavy atom. The maximum atomic E-state index is 13.8. The van der Waals surface area contributed by atoms with Gasteiger partial charge in [0.25, 0.3) is 5.91 Å². The highest BCUT2D eigenvalue weighted by Gasteiger charge is 2.20. The molecule has 0 saturated heterocycles. The van der Waals surface area contributed by atoms with Crippen molar-refractivity contribution < 1.29 is 13.6 Å². The Hall–Kier alpha value is -2.22. The molecule has 0 atom stereocenters. The van der Waals surface area contributed by atoms with Crippen LogP contribution >= 0.6 is 11.3 Å². The first-order valence-corrected chi connectivity index (χ1v) is 6.45. The van der Waals surface area contributed by atoms with Crippen molar-refractivity contribution in [2.24, 2.45) is 0 Å². The van der Waals surface area contributed by atoms with Crippen molar-refractivity contribution in [3.63, 3.8) is 0 Å². The standard InChI is InChI=1S/C12H12F2N4OS/c1-5-3-4-6(13)8(7(5)14)17-11(19)9-10(15)18-12(16-2)20-9/h3-4H,15H2,1-2H3,(H,16,18)(H,17,19). The number of aryl methyl sites for hydroxylation is 1. The quantitative estimate of drug-likeness (QED) is 0.813. The third-order valence-corrected chi connectivity index (χ3v) is 3.68. The highest BCUT2D eigenvalue weighted by Crippen LogP contribution is 2.27. The van der Waals surface area contributed by atoms with E-state index in [-0.39, 0.29) is 16.3 Å². The average Bonchev–Trinajstić information content (AvgIpc) is 2.80. The number of aromatic nitrogens is 1. The minimum atomic E-state index is -0.849. The van der Waals surface area contributed by atoms with Gasteiger partial charge in [0, 0.05) is 7.05 Å². The summed E-state index contributed by atoms with van der Waals surface area (Å²) in [5, 5.41) is 5.37. The van der Waals surface area contributed by atoms with Gasteiger partial charge in [0.05, 0.1) is 0 Å². The van der Waals surface area contributed by atoms with Crippen molar-refractivity contribution in [2.45, 2.75) is 6.92 Å². The smallest absolute Gasteiger partial charge is 0.269 e. The van der Waals surface area contributed by atoms with Gasteiger partial charge in [-0.3, -0.25) is 4.79 Å². The molecule has 0 saturated carbocycles. The molecule has 5 nitrogen and oxygen atoms in total. The topological polar surface area (TPSA) is 80.0 Å². The van der Waals surface area contributed by atoms with E-state index in [1.807, 2.05) is 0 Å². The van der Waals surface area contributed by atoms with Crippen LogP contribution in [0.15, 0.2) is 12.1 Å². The second kappa shape index (κ2) is 5.41. The Balaban J connectivity index is 2.32. The van der Waals surface area contributed by atoms with Gasteiger partial charge >= 0.3 is 0 Å². The van der Waals surface area contributed by atoms with Crippen LogP contribution < -0.4 is 16.4 Å². The second-order valence-corrected chi connectivity index (χ2v) is 4.99. The number of nitrogen functional groups attached to an aromatic ring is 1. The molecule has 0 fully saturated rings. The maximum absolute atomic E-state index is 13.8. The molecule has 2 rings (SSSR count). The molecular formula is C12H12F2N4OS. The number of thiazole rings is 1. The van der Waals surface area contributed by atoms with Gasteiger partial charge in [-0.05, 0) is 18.6 Å². The van der Waals surface area contributed by atoms with E-state index >= 15 is 0 Å². The molecule has 106 valence electrons. The fourth-order valence-electron chi connectivity index (χ4n) is 1.54. The van der Waals surface area contributed by atoms with Crippen LogP contribution in [0.25, 0.3) is 0 Å². The Morgan fingerprint density at radius 2 is 2.10 bits per heavy atom. The normalized spacial score (nSPS) is 10.4. The summed E-state index contributed by atoms with van der Waals surface area (Å²) >= 11 is 0.999. The lowest BCUT2D eigenvalue weighted by Crippen LogP contribution is -2.15. The average molecular weight is 298 g/mol. The molecule has 8 heteroatoms. The first-order chi connectivity index (χ1) is 9.43. The van der Waals surface area contributed by atoms with Crippen LogP contribution in [0.3, 0.4) is 0 Å². The van der Waals surface area contributed by atoms with Crippen LogP contribution in [0.1, 0.15) is 15.2 Å². The van der Waals surface area contributed by atoms with Crippen molar-refractivity contribution in [2.75, 3.05) is 23.4 Å². The summed E-state index contributed by atoms with van der Waals surface area (Å²) in [6, 6.07) is 2.38. The molecule has 4 N–H and O–H groups in total. The number of amides is 1. The first-order valence-electron chi connectivity index (χ1n) is 5.64. The van der Waals surface area contributed by atoms with Crippen molar-refractivity contribution in [3.8, 4) is 0 Å². The highest BCUT2D eigenvalue weighted by atomic mass is 32.1. The number of nitrogens with two attached hydrogens (primary N) is 1. The molecule has 1 aromatic carbocycles. The van der Waals surface area contributed by atoms with E-state index in [1.54, 1.807) is 7.05 Å². The zero-order valence-corrected chi connectivity index (χ0v) is 11.6. The number of carbonyl (C=O) groups excluding carboxylic acids is 1. The third-order valence-electron chi connectivity index (χ3n) is 2.60. The Labute approximate surface area is 117 Å². The zero-order chi connectivity index (χ0) is 14.9. The molecule has 20 heavy (non-hydrogen) atoms. The predicted molar refractivity (Wildman–Crippen MR) is 75.1 cm³/mol. The monoisotopic (exact) mass is 298 g/mol. The van der Waals surface area contributed by atoms with Gasteiger partial charge in [-0.1, -0.05) is 17.4 Å². The van der Waals surface area contributed by atoms with Gasteiger partial charge in [0.15, 0.2) is 10.9 Å². The molecule has 0 aliphatic heterocycles. The molecule has 0 aliphatic carbocycles. The lowest BCUT2D eigenvalue weighted by atomic mass is 10.2. The van der Waals surface area contributed by atoms with Gasteiger partial charge in [0.2, 0.25) is 0 Å². The van der Waals surface area contributed by atoms with Gasteiger partial charge in [-0.15, -0.1) is 0 Å². The second-order valence-electron chi connectivity index (χ2n) is 3.99. The number of anilines is 3. The summed E-state index contributed by atoms with van der Waals surface area (Å²) < 4.78 is 27.4. The molecule has 2 aromatic rings. The Bertz CT molecular complexity index is 672. The van der Waals surface area contributed by atoms with Crippen LogP contribution in [0.4, 0.5) is 25.4 Å². The van der Waals surface area contributed by atoms with E-state index in [9.17, 15) is 13.6 Å². The van der Waals surface area contributed by atoms with E-state index in [0.717, 1.165) is 17.4 Å². The number of hydrogen-bond acceptors (Lipinski definition) is 5. The first kappa shape index (κ1) is 14.2. The number of halogens is 2. The zero-order valence-electron chi connectivity index (χ0n) is 10.8. The van der Waals surface area contributed by atoms with Crippen LogP contribution in [-0.2, 0) is 0 Å². The van der Waals surface area contributed by atoms with Gasteiger partial charge in [-0.25, -0.2) is 13.8 Å². The van der Waals surface area contributed by atoms with Gasteiger partial charge in [0.1, 0.15) is 22.2 Å². The fourth-order valence-corrected chi connectivity index (χ4v) is 2.28. The molecule has 1 amide bonds. The van der Waals surface area contributed by atoms with Crippen LogP contribution in [0, 0.1) is 18.6 Å². The number of rotatable bonds is 3. The number of carbonyl (C=O) groups is 1. The third kappa shape index (κ3) is 2.55. The fraction of sp³-hybridized carbons (Fsp3) is 0.167. The van der Waals surface area contributed by atoms with Crippen LogP contribution in [-0.4, -0.2) is 17.9 Å². The lowest BCUT2D eigenvalue weighted by Gasteiger charge is -2.08. The van der Waals surface area contributed by atoms with Gasteiger partial charge in [-0.2, -0.15) is 0 Å². The molecule has 0 radical (unpaired) electrons. The minimum absolute atomic E-state index is 0.00493. The Morgan fingerprint density at radius 3 is 2.70 bits per heavy atom. The summed E-state index contributed by atoms with van der Waals surface area (Å²) in [5.41, 5.74) is 5.33. The molecule has 0 aliphatic rings. The van der Waals surface area contributed by atoms with E-state index in [0.29, 0.717) is 5.13 Å². The maximum Gasteiger partial charge on any atom is 0.269 e. The molecule has 1 heterocycles. The minimum Gasteiger partial charge on any atom is -0.382 e. The van der Waals surface area contributed by atoms with Gasteiger partial charge < -0.3 is 16.4 Å². The predicted octanol–water partition coefficient (Wildman–Crippen LogP) is 2.61. The van der Waals surface area contributed by atoms with E-state index < -0.39 is 23.2 Å².